The lowest BCUT2D eigenvalue weighted by atomic mass is 10.0. The molecule has 0 bridgehead atoms. The minimum absolute atomic E-state index is 0.0629. The van der Waals surface area contributed by atoms with Crippen LogP contribution in [0.2, 0.25) is 0 Å². The lowest BCUT2D eigenvalue weighted by Gasteiger charge is -2.23. The van der Waals surface area contributed by atoms with Crippen LogP contribution in [0.15, 0.2) is 66.7 Å². The smallest absolute Gasteiger partial charge is 0.261 e. The highest BCUT2D eigenvalue weighted by atomic mass is 32.2. The van der Waals surface area contributed by atoms with Crippen molar-refractivity contribution >= 4 is 10.1 Å². The summed E-state index contributed by atoms with van der Waals surface area (Å²) in [5, 5.41) is 14.0. The van der Waals surface area contributed by atoms with Crippen LogP contribution in [0.5, 0.6) is 17.2 Å². The maximum Gasteiger partial charge on any atom is 0.261 e. The zero-order chi connectivity index (χ0) is 26.9. The Morgan fingerprint density at radius 3 is 2.14 bits per heavy atom. The predicted octanol–water partition coefficient (Wildman–Crippen LogP) is 5.60. The molecule has 0 saturated heterocycles. The SMILES string of the molecule is CS(=O)(=O)O.Cc1ccc(OCc2cc(C(O)CNC(C)(C)C)ccc2Oc2cccc(C)c2)cc1. The van der Waals surface area contributed by atoms with E-state index in [1.807, 2.05) is 80.6 Å². The fourth-order valence-corrected chi connectivity index (χ4v) is 3.14. The summed E-state index contributed by atoms with van der Waals surface area (Å²) in [5.74, 6) is 2.30. The van der Waals surface area contributed by atoms with Gasteiger partial charge in [0.15, 0.2) is 0 Å². The number of nitrogens with one attached hydrogen (secondary N) is 1. The molecule has 0 aliphatic carbocycles. The van der Waals surface area contributed by atoms with Crippen molar-refractivity contribution in [1.29, 1.82) is 0 Å². The van der Waals surface area contributed by atoms with Gasteiger partial charge in [-0.05, 0) is 82.1 Å². The van der Waals surface area contributed by atoms with Gasteiger partial charge in [0.2, 0.25) is 0 Å². The number of hydrogen-bond donors (Lipinski definition) is 3. The Balaban J connectivity index is 0.000000830. The van der Waals surface area contributed by atoms with Crippen LogP contribution in [0.1, 0.15) is 49.1 Å². The number of rotatable bonds is 8. The van der Waals surface area contributed by atoms with Gasteiger partial charge in [0.25, 0.3) is 10.1 Å². The summed E-state index contributed by atoms with van der Waals surface area (Å²) < 4.78 is 38.1. The molecule has 3 N–H and O–H groups in total. The molecule has 0 aliphatic heterocycles. The zero-order valence-corrected chi connectivity index (χ0v) is 22.6. The third-order valence-corrected chi connectivity index (χ3v) is 4.93. The molecule has 0 saturated carbocycles. The van der Waals surface area contributed by atoms with Crippen LogP contribution in [0, 0.1) is 13.8 Å². The van der Waals surface area contributed by atoms with E-state index in [0.29, 0.717) is 19.4 Å². The average molecular weight is 516 g/mol. The van der Waals surface area contributed by atoms with Crippen molar-refractivity contribution in [2.75, 3.05) is 12.8 Å². The molecule has 0 fully saturated rings. The molecule has 0 aliphatic rings. The highest BCUT2D eigenvalue weighted by molar-refractivity contribution is 7.85. The number of benzene rings is 3. The van der Waals surface area contributed by atoms with Crippen LogP contribution in [0.25, 0.3) is 0 Å². The fourth-order valence-electron chi connectivity index (χ4n) is 3.14. The molecule has 196 valence electrons. The molecular formula is C28H37NO6S. The van der Waals surface area contributed by atoms with Crippen molar-refractivity contribution in [2.24, 2.45) is 0 Å². The number of aliphatic hydroxyl groups excluding tert-OH is 1. The molecule has 0 heterocycles. The number of hydrogen-bond acceptors (Lipinski definition) is 6. The molecule has 1 atom stereocenters. The van der Waals surface area contributed by atoms with E-state index in [-0.39, 0.29) is 5.54 Å². The van der Waals surface area contributed by atoms with Gasteiger partial charge in [-0.3, -0.25) is 4.55 Å². The van der Waals surface area contributed by atoms with Crippen LogP contribution < -0.4 is 14.8 Å². The lowest BCUT2D eigenvalue weighted by molar-refractivity contribution is 0.163. The minimum Gasteiger partial charge on any atom is -0.489 e. The molecule has 0 amide bonds. The molecule has 0 radical (unpaired) electrons. The standard InChI is InChI=1S/C27H33NO3.CH4O3S/c1-19-9-12-23(13-10-19)30-18-22-16-21(25(29)17-28-27(3,4)5)11-14-26(22)31-24-8-6-7-20(2)15-24;1-5(2,3)4/h6-16,25,28-29H,17-18H2,1-5H3;1H3,(H,2,3,4). The normalized spacial score (nSPS) is 12.3. The molecule has 0 spiro atoms. The van der Waals surface area contributed by atoms with Crippen LogP contribution in [0.3, 0.4) is 0 Å². The summed E-state index contributed by atoms with van der Waals surface area (Å²) in [7, 11) is -3.67. The first-order valence-electron chi connectivity index (χ1n) is 11.6. The van der Waals surface area contributed by atoms with Crippen molar-refractivity contribution in [1.82, 2.24) is 5.32 Å². The van der Waals surface area contributed by atoms with E-state index < -0.39 is 16.2 Å². The first-order valence-corrected chi connectivity index (χ1v) is 13.5. The van der Waals surface area contributed by atoms with E-state index in [0.717, 1.165) is 33.9 Å². The largest absolute Gasteiger partial charge is 0.489 e. The summed E-state index contributed by atoms with van der Waals surface area (Å²) in [5.41, 5.74) is 3.97. The average Bonchev–Trinajstić information content (AvgIpc) is 2.76. The first-order chi connectivity index (χ1) is 16.7. The number of aryl methyl sites for hydroxylation is 2. The van der Waals surface area contributed by atoms with E-state index in [9.17, 15) is 13.5 Å². The van der Waals surface area contributed by atoms with Gasteiger partial charge in [-0.1, -0.05) is 35.9 Å². The Morgan fingerprint density at radius 1 is 0.917 bits per heavy atom. The number of aliphatic hydroxyl groups is 1. The topological polar surface area (TPSA) is 105 Å². The zero-order valence-electron chi connectivity index (χ0n) is 21.8. The molecular weight excluding hydrogens is 478 g/mol. The van der Waals surface area contributed by atoms with E-state index in [2.05, 4.69) is 26.1 Å². The summed E-state index contributed by atoms with van der Waals surface area (Å²) in [6.07, 6.45) is 0.0952. The third kappa shape index (κ3) is 11.7. The molecule has 3 aromatic rings. The summed E-state index contributed by atoms with van der Waals surface area (Å²) in [6, 6.07) is 21.7. The Kier molecular flexibility index (Phi) is 10.5. The first kappa shape index (κ1) is 29.3. The van der Waals surface area contributed by atoms with Crippen molar-refractivity contribution < 1.29 is 27.6 Å². The maximum absolute atomic E-state index is 10.7. The van der Waals surface area contributed by atoms with Gasteiger partial charge in [0.05, 0.1) is 12.4 Å². The van der Waals surface area contributed by atoms with E-state index >= 15 is 0 Å². The van der Waals surface area contributed by atoms with Crippen molar-refractivity contribution in [3.8, 4) is 17.2 Å². The minimum atomic E-state index is -3.67. The molecule has 8 heteroatoms. The Bertz CT molecular complexity index is 1210. The molecule has 36 heavy (non-hydrogen) atoms. The Hall–Kier alpha value is -2.91. The van der Waals surface area contributed by atoms with E-state index in [1.165, 1.54) is 5.56 Å². The molecule has 1 unspecified atom stereocenters. The second-order valence-corrected chi connectivity index (χ2v) is 11.2. The van der Waals surface area contributed by atoms with Gasteiger partial charge < -0.3 is 19.9 Å². The van der Waals surface area contributed by atoms with Gasteiger partial charge in [0.1, 0.15) is 23.9 Å². The van der Waals surface area contributed by atoms with Crippen LogP contribution >= 0.6 is 0 Å². The van der Waals surface area contributed by atoms with Gasteiger partial charge in [0, 0.05) is 17.6 Å². The van der Waals surface area contributed by atoms with Crippen molar-refractivity contribution in [3.63, 3.8) is 0 Å². The fraction of sp³-hybridized carbons (Fsp3) is 0.357. The summed E-state index contributed by atoms with van der Waals surface area (Å²) in [4.78, 5) is 0. The van der Waals surface area contributed by atoms with Crippen molar-refractivity contribution in [2.45, 2.75) is 52.9 Å². The molecule has 7 nitrogen and oxygen atoms in total. The third-order valence-electron chi connectivity index (χ3n) is 4.93. The Morgan fingerprint density at radius 2 is 1.56 bits per heavy atom. The molecule has 3 rings (SSSR count). The van der Waals surface area contributed by atoms with E-state index in [4.69, 9.17) is 14.0 Å². The second kappa shape index (κ2) is 12.9. The summed E-state index contributed by atoms with van der Waals surface area (Å²) >= 11 is 0. The van der Waals surface area contributed by atoms with Gasteiger partial charge in [-0.15, -0.1) is 0 Å². The predicted molar refractivity (Wildman–Crippen MR) is 143 cm³/mol. The van der Waals surface area contributed by atoms with Crippen LogP contribution in [-0.2, 0) is 16.7 Å². The second-order valence-electron chi connectivity index (χ2n) is 9.77. The van der Waals surface area contributed by atoms with Crippen molar-refractivity contribution in [3.05, 3.63) is 89.0 Å². The van der Waals surface area contributed by atoms with Crippen LogP contribution in [-0.4, -0.2) is 36.4 Å². The number of ether oxygens (including phenoxy) is 2. The number of β-amino-alcohol motifs (C(OH)–C–C–N with tert-alkyl or cyclic N) is 1. The van der Waals surface area contributed by atoms with Gasteiger partial charge >= 0.3 is 0 Å². The quantitative estimate of drug-likeness (QED) is 0.335. The lowest BCUT2D eigenvalue weighted by Crippen LogP contribution is -2.38. The molecule has 0 aromatic heterocycles. The summed E-state index contributed by atoms with van der Waals surface area (Å²) in [6.45, 7) is 11.2. The highest BCUT2D eigenvalue weighted by Crippen LogP contribution is 2.30. The van der Waals surface area contributed by atoms with Gasteiger partial charge in [-0.25, -0.2) is 0 Å². The monoisotopic (exact) mass is 515 g/mol. The molecule has 3 aromatic carbocycles. The highest BCUT2D eigenvalue weighted by Gasteiger charge is 2.16. The maximum atomic E-state index is 10.7. The van der Waals surface area contributed by atoms with Crippen LogP contribution in [0.4, 0.5) is 0 Å². The Labute approximate surface area is 214 Å². The van der Waals surface area contributed by atoms with E-state index in [1.54, 1.807) is 0 Å². The van der Waals surface area contributed by atoms with Gasteiger partial charge in [-0.2, -0.15) is 8.42 Å².